The Morgan fingerprint density at radius 3 is 2.21 bits per heavy atom. The highest BCUT2D eigenvalue weighted by Crippen LogP contribution is 2.44. The van der Waals surface area contributed by atoms with Crippen LogP contribution in [0.4, 0.5) is 10.5 Å². The molecule has 1 aliphatic rings. The van der Waals surface area contributed by atoms with E-state index in [-0.39, 0.29) is 18.1 Å². The van der Waals surface area contributed by atoms with E-state index in [1.807, 2.05) is 24.3 Å². The average molecular weight is 452 g/mol. The number of aromatic carboxylic acids is 1. The number of hydrogen-bond acceptors (Lipinski definition) is 3. The van der Waals surface area contributed by atoms with Gasteiger partial charge in [-0.2, -0.15) is 0 Å². The van der Waals surface area contributed by atoms with Crippen LogP contribution in [-0.2, 0) is 4.74 Å². The van der Waals surface area contributed by atoms with Crippen molar-refractivity contribution < 1.29 is 19.4 Å². The fourth-order valence-electron chi connectivity index (χ4n) is 3.72. The van der Waals surface area contributed by atoms with Crippen LogP contribution in [0.3, 0.4) is 0 Å². The van der Waals surface area contributed by atoms with E-state index in [0.717, 1.165) is 27.8 Å². The number of benzene rings is 3. The molecule has 0 fully saturated rings. The van der Waals surface area contributed by atoms with E-state index in [9.17, 15) is 14.7 Å². The van der Waals surface area contributed by atoms with Gasteiger partial charge in [0.2, 0.25) is 0 Å². The topological polar surface area (TPSA) is 75.6 Å². The molecule has 0 aliphatic heterocycles. The summed E-state index contributed by atoms with van der Waals surface area (Å²) in [7, 11) is 0. The monoisotopic (exact) mass is 451 g/mol. The van der Waals surface area contributed by atoms with Crippen LogP contribution in [-0.4, -0.2) is 23.8 Å². The Hall–Kier alpha value is -3.12. The summed E-state index contributed by atoms with van der Waals surface area (Å²) >= 11 is 3.23. The number of halogens is 1. The molecule has 1 aliphatic carbocycles. The molecule has 0 saturated carbocycles. The molecule has 5 nitrogen and oxygen atoms in total. The Balaban J connectivity index is 1.51. The van der Waals surface area contributed by atoms with Crippen molar-refractivity contribution in [1.82, 2.24) is 0 Å². The second-order valence-corrected chi connectivity index (χ2v) is 7.76. The number of aryl methyl sites for hydroxylation is 1. The summed E-state index contributed by atoms with van der Waals surface area (Å²) in [6, 6.07) is 19.3. The van der Waals surface area contributed by atoms with Gasteiger partial charge in [0, 0.05) is 16.1 Å². The highest BCUT2D eigenvalue weighted by Gasteiger charge is 2.29. The number of hydrogen-bond donors (Lipinski definition) is 2. The predicted octanol–water partition coefficient (Wildman–Crippen LogP) is 5.82. The molecule has 29 heavy (non-hydrogen) atoms. The molecule has 0 bridgehead atoms. The van der Waals surface area contributed by atoms with Crippen LogP contribution in [0.5, 0.6) is 0 Å². The molecule has 3 aromatic carbocycles. The molecule has 4 rings (SSSR count). The third-order valence-corrected chi connectivity index (χ3v) is 5.78. The van der Waals surface area contributed by atoms with Crippen LogP contribution in [0, 0.1) is 6.92 Å². The van der Waals surface area contributed by atoms with Crippen molar-refractivity contribution in [1.29, 1.82) is 0 Å². The van der Waals surface area contributed by atoms with Crippen LogP contribution in [0.2, 0.25) is 0 Å². The van der Waals surface area contributed by atoms with Gasteiger partial charge in [-0.1, -0.05) is 48.5 Å². The highest BCUT2D eigenvalue weighted by molar-refractivity contribution is 9.10. The van der Waals surface area contributed by atoms with E-state index in [4.69, 9.17) is 4.74 Å². The first-order valence-corrected chi connectivity index (χ1v) is 9.90. The summed E-state index contributed by atoms with van der Waals surface area (Å²) in [5.41, 5.74) is 5.80. The highest BCUT2D eigenvalue weighted by atomic mass is 79.9. The van der Waals surface area contributed by atoms with Crippen molar-refractivity contribution in [2.45, 2.75) is 12.8 Å². The second kappa shape index (κ2) is 7.72. The Morgan fingerprint density at radius 1 is 1.03 bits per heavy atom. The standard InChI is InChI=1S/C23H18BrNO4/c1-13-10-20(24)18(22(26)27)11-21(13)25-23(28)29-12-19-16-8-4-2-6-14(16)15-7-3-5-9-17(15)19/h2-11,19H,12H2,1H3,(H,25,28)(H,26,27). The van der Waals surface area contributed by atoms with Crippen LogP contribution in [0.25, 0.3) is 11.1 Å². The maximum atomic E-state index is 12.4. The van der Waals surface area contributed by atoms with Crippen molar-refractivity contribution in [2.24, 2.45) is 0 Å². The van der Waals surface area contributed by atoms with Gasteiger partial charge in [0.25, 0.3) is 0 Å². The Labute approximate surface area is 176 Å². The molecule has 0 aromatic heterocycles. The average Bonchev–Trinajstić information content (AvgIpc) is 3.02. The second-order valence-electron chi connectivity index (χ2n) is 6.90. The van der Waals surface area contributed by atoms with E-state index < -0.39 is 12.1 Å². The smallest absolute Gasteiger partial charge is 0.411 e. The zero-order valence-corrected chi connectivity index (χ0v) is 17.2. The summed E-state index contributed by atoms with van der Waals surface area (Å²) in [5.74, 6) is -1.11. The van der Waals surface area contributed by atoms with Crippen molar-refractivity contribution in [3.63, 3.8) is 0 Å². The summed E-state index contributed by atoms with van der Waals surface area (Å²) in [6.45, 7) is 1.98. The van der Waals surface area contributed by atoms with Crippen LogP contribution < -0.4 is 5.32 Å². The number of nitrogens with one attached hydrogen (secondary N) is 1. The third kappa shape index (κ3) is 3.63. The number of anilines is 1. The lowest BCUT2D eigenvalue weighted by atomic mass is 9.98. The summed E-state index contributed by atoms with van der Waals surface area (Å²) < 4.78 is 5.98. The molecule has 0 radical (unpaired) electrons. The number of ether oxygens (including phenoxy) is 1. The molecule has 146 valence electrons. The van der Waals surface area contributed by atoms with Crippen molar-refractivity contribution in [3.8, 4) is 11.1 Å². The minimum absolute atomic E-state index is 0.0336. The van der Waals surface area contributed by atoms with Crippen LogP contribution in [0.1, 0.15) is 33.0 Å². The van der Waals surface area contributed by atoms with Gasteiger partial charge in [-0.05, 0) is 62.8 Å². The molecule has 2 N–H and O–H groups in total. The first-order chi connectivity index (χ1) is 14.0. The molecule has 0 unspecified atom stereocenters. The largest absolute Gasteiger partial charge is 0.478 e. The maximum Gasteiger partial charge on any atom is 0.411 e. The van der Waals surface area contributed by atoms with Crippen molar-refractivity contribution >= 4 is 33.7 Å². The third-order valence-electron chi connectivity index (χ3n) is 5.12. The molecular formula is C23H18BrNO4. The Bertz CT molecular complexity index is 1080. The van der Waals surface area contributed by atoms with E-state index in [1.54, 1.807) is 13.0 Å². The molecule has 0 atom stereocenters. The number of amides is 1. The number of carbonyl (C=O) groups excluding carboxylic acids is 1. The number of fused-ring (bicyclic) bond motifs is 3. The molecule has 0 spiro atoms. The zero-order chi connectivity index (χ0) is 20.5. The predicted molar refractivity (Wildman–Crippen MR) is 115 cm³/mol. The molecule has 6 heteroatoms. The van der Waals surface area contributed by atoms with E-state index in [1.165, 1.54) is 6.07 Å². The number of carboxylic acid groups (broad SMARTS) is 1. The SMILES string of the molecule is Cc1cc(Br)c(C(=O)O)cc1NC(=O)OCC1c2ccccc2-c2ccccc21. The molecule has 0 heterocycles. The lowest BCUT2D eigenvalue weighted by Crippen LogP contribution is -2.18. The summed E-state index contributed by atoms with van der Waals surface area (Å²) in [6.07, 6.45) is -0.617. The van der Waals surface area contributed by atoms with Gasteiger partial charge in [-0.15, -0.1) is 0 Å². The summed E-state index contributed by atoms with van der Waals surface area (Å²) in [4.78, 5) is 23.7. The number of carbonyl (C=O) groups is 2. The van der Waals surface area contributed by atoms with Gasteiger partial charge in [0.15, 0.2) is 0 Å². The van der Waals surface area contributed by atoms with E-state index in [0.29, 0.717) is 10.2 Å². The first kappa shape index (κ1) is 19.2. The molecule has 0 saturated heterocycles. The lowest BCUT2D eigenvalue weighted by Gasteiger charge is -2.15. The Kier molecular flexibility index (Phi) is 5.11. The van der Waals surface area contributed by atoms with Crippen molar-refractivity contribution in [3.05, 3.63) is 87.4 Å². The van der Waals surface area contributed by atoms with E-state index in [2.05, 4.69) is 45.5 Å². The molecule has 1 amide bonds. The lowest BCUT2D eigenvalue weighted by molar-refractivity contribution is 0.0695. The van der Waals surface area contributed by atoms with E-state index >= 15 is 0 Å². The van der Waals surface area contributed by atoms with Gasteiger partial charge in [0.05, 0.1) is 5.56 Å². The normalized spacial score (nSPS) is 12.2. The maximum absolute atomic E-state index is 12.4. The van der Waals surface area contributed by atoms with Crippen molar-refractivity contribution in [2.75, 3.05) is 11.9 Å². The van der Waals surface area contributed by atoms with Crippen LogP contribution >= 0.6 is 15.9 Å². The zero-order valence-electron chi connectivity index (χ0n) is 15.6. The number of rotatable bonds is 4. The van der Waals surface area contributed by atoms with Gasteiger partial charge >= 0.3 is 12.1 Å². The van der Waals surface area contributed by atoms with Gasteiger partial charge in [-0.25, -0.2) is 9.59 Å². The fourth-order valence-corrected chi connectivity index (χ4v) is 4.34. The number of carboxylic acids is 1. The van der Waals surface area contributed by atoms with Gasteiger partial charge in [-0.3, -0.25) is 5.32 Å². The molecular weight excluding hydrogens is 434 g/mol. The van der Waals surface area contributed by atoms with Gasteiger partial charge in [0.1, 0.15) is 6.61 Å². The quantitative estimate of drug-likeness (QED) is 0.524. The minimum atomic E-state index is -1.08. The Morgan fingerprint density at radius 2 is 1.62 bits per heavy atom. The summed E-state index contributed by atoms with van der Waals surface area (Å²) in [5, 5.41) is 11.9. The first-order valence-electron chi connectivity index (χ1n) is 9.11. The minimum Gasteiger partial charge on any atom is -0.478 e. The fraction of sp³-hybridized carbons (Fsp3) is 0.130. The molecule has 3 aromatic rings. The van der Waals surface area contributed by atoms with Gasteiger partial charge < -0.3 is 9.84 Å². The van der Waals surface area contributed by atoms with Crippen LogP contribution in [0.15, 0.2) is 65.1 Å².